The summed E-state index contributed by atoms with van der Waals surface area (Å²) in [6.45, 7) is 10.1. The smallest absolute Gasteiger partial charge is 0.222 e. The highest BCUT2D eigenvalue weighted by Gasteiger charge is 2.25. The summed E-state index contributed by atoms with van der Waals surface area (Å²) in [4.78, 5) is 17.8. The third-order valence-corrected chi connectivity index (χ3v) is 3.79. The van der Waals surface area contributed by atoms with Crippen LogP contribution in [0.15, 0.2) is 4.99 Å². The predicted molar refractivity (Wildman–Crippen MR) is 105 cm³/mol. The zero-order valence-electron chi connectivity index (χ0n) is 14.9. The molecule has 1 amide bonds. The highest BCUT2D eigenvalue weighted by Crippen LogP contribution is 2.10. The zero-order valence-corrected chi connectivity index (χ0v) is 17.3. The molecule has 0 radical (unpaired) electrons. The SMILES string of the molecule is CCC(=O)N1CCC(NC(=NC)NCCOCCC(C)C)C1.I. The number of amides is 1. The van der Waals surface area contributed by atoms with Crippen LogP contribution in [0.25, 0.3) is 0 Å². The number of carbonyl (C=O) groups is 1. The molecule has 0 aromatic heterocycles. The number of hydrogen-bond donors (Lipinski definition) is 2. The van der Waals surface area contributed by atoms with Crippen LogP contribution < -0.4 is 10.6 Å². The molecule has 1 unspecified atom stereocenters. The third-order valence-electron chi connectivity index (χ3n) is 3.79. The van der Waals surface area contributed by atoms with Crippen molar-refractivity contribution in [2.45, 2.75) is 46.1 Å². The first-order valence-corrected chi connectivity index (χ1v) is 8.39. The van der Waals surface area contributed by atoms with Gasteiger partial charge in [0, 0.05) is 45.8 Å². The van der Waals surface area contributed by atoms with Crippen LogP contribution >= 0.6 is 24.0 Å². The van der Waals surface area contributed by atoms with Crippen LogP contribution in [0.4, 0.5) is 0 Å². The second-order valence-corrected chi connectivity index (χ2v) is 6.12. The lowest BCUT2D eigenvalue weighted by atomic mass is 10.1. The zero-order chi connectivity index (χ0) is 16.4. The summed E-state index contributed by atoms with van der Waals surface area (Å²) < 4.78 is 5.57. The quantitative estimate of drug-likeness (QED) is 0.262. The summed E-state index contributed by atoms with van der Waals surface area (Å²) in [5.41, 5.74) is 0. The lowest BCUT2D eigenvalue weighted by molar-refractivity contribution is -0.129. The Hall–Kier alpha value is -0.570. The van der Waals surface area contributed by atoms with Gasteiger partial charge in [0.25, 0.3) is 0 Å². The first kappa shape index (κ1) is 22.4. The molecule has 1 aliphatic heterocycles. The van der Waals surface area contributed by atoms with Gasteiger partial charge in [-0.05, 0) is 18.8 Å². The Kier molecular flexibility index (Phi) is 12.5. The van der Waals surface area contributed by atoms with Crippen molar-refractivity contribution in [2.24, 2.45) is 10.9 Å². The van der Waals surface area contributed by atoms with E-state index in [1.54, 1.807) is 7.05 Å². The maximum absolute atomic E-state index is 11.7. The Morgan fingerprint density at radius 1 is 1.39 bits per heavy atom. The van der Waals surface area contributed by atoms with E-state index in [-0.39, 0.29) is 35.9 Å². The van der Waals surface area contributed by atoms with E-state index in [1.165, 1.54) is 0 Å². The van der Waals surface area contributed by atoms with Crippen LogP contribution in [0.3, 0.4) is 0 Å². The normalized spacial score (nSPS) is 18.0. The third kappa shape index (κ3) is 9.34. The highest BCUT2D eigenvalue weighted by atomic mass is 127. The van der Waals surface area contributed by atoms with Gasteiger partial charge in [-0.15, -0.1) is 24.0 Å². The molecular weight excluding hydrogens is 407 g/mol. The largest absolute Gasteiger partial charge is 0.380 e. The van der Waals surface area contributed by atoms with Crippen LogP contribution in [-0.4, -0.2) is 62.7 Å². The van der Waals surface area contributed by atoms with E-state index in [0.717, 1.165) is 45.0 Å². The lowest BCUT2D eigenvalue weighted by Crippen LogP contribution is -2.45. The molecule has 0 aromatic carbocycles. The van der Waals surface area contributed by atoms with Gasteiger partial charge in [0.05, 0.1) is 6.61 Å². The highest BCUT2D eigenvalue weighted by molar-refractivity contribution is 14.0. The van der Waals surface area contributed by atoms with Crippen molar-refractivity contribution >= 4 is 35.8 Å². The van der Waals surface area contributed by atoms with Crippen molar-refractivity contribution in [1.82, 2.24) is 15.5 Å². The standard InChI is InChI=1S/C16H32N4O2.HI/c1-5-15(21)20-9-6-14(12-20)19-16(17-4)18-8-11-22-10-7-13(2)3;/h13-14H,5-12H2,1-4H3,(H2,17,18,19);1H. The average molecular weight is 440 g/mol. The Bertz CT molecular complexity index is 364. The van der Waals surface area contributed by atoms with Gasteiger partial charge >= 0.3 is 0 Å². The van der Waals surface area contributed by atoms with Gasteiger partial charge in [0.15, 0.2) is 5.96 Å². The maximum Gasteiger partial charge on any atom is 0.222 e. The Morgan fingerprint density at radius 2 is 2.13 bits per heavy atom. The van der Waals surface area contributed by atoms with Gasteiger partial charge in [-0.2, -0.15) is 0 Å². The second-order valence-electron chi connectivity index (χ2n) is 6.12. The number of hydrogen-bond acceptors (Lipinski definition) is 3. The van der Waals surface area contributed by atoms with E-state index in [2.05, 4.69) is 29.5 Å². The minimum Gasteiger partial charge on any atom is -0.380 e. The predicted octanol–water partition coefficient (Wildman–Crippen LogP) is 1.84. The van der Waals surface area contributed by atoms with Crippen LogP contribution in [0.1, 0.15) is 40.0 Å². The fraction of sp³-hybridized carbons (Fsp3) is 0.875. The van der Waals surface area contributed by atoms with Crippen LogP contribution in [0.2, 0.25) is 0 Å². The molecule has 1 saturated heterocycles. The Balaban J connectivity index is 0.00000484. The molecular formula is C16H33IN4O2. The van der Waals surface area contributed by atoms with E-state index in [4.69, 9.17) is 4.74 Å². The first-order valence-electron chi connectivity index (χ1n) is 8.39. The number of nitrogens with zero attached hydrogens (tertiary/aromatic N) is 2. The van der Waals surface area contributed by atoms with E-state index in [1.807, 2.05) is 11.8 Å². The summed E-state index contributed by atoms with van der Waals surface area (Å²) in [7, 11) is 1.76. The van der Waals surface area contributed by atoms with E-state index < -0.39 is 0 Å². The molecule has 0 bridgehead atoms. The molecule has 6 nitrogen and oxygen atoms in total. The summed E-state index contributed by atoms with van der Waals surface area (Å²) in [6.07, 6.45) is 2.64. The van der Waals surface area contributed by atoms with Gasteiger partial charge in [0.1, 0.15) is 0 Å². The fourth-order valence-electron chi connectivity index (χ4n) is 2.38. The van der Waals surface area contributed by atoms with Crippen molar-refractivity contribution < 1.29 is 9.53 Å². The molecule has 1 heterocycles. The minimum atomic E-state index is 0. The van der Waals surface area contributed by atoms with E-state index in [0.29, 0.717) is 18.9 Å². The molecule has 1 fully saturated rings. The molecule has 136 valence electrons. The minimum absolute atomic E-state index is 0. The topological polar surface area (TPSA) is 66.0 Å². The average Bonchev–Trinajstić information content (AvgIpc) is 2.96. The fourth-order valence-corrected chi connectivity index (χ4v) is 2.38. The lowest BCUT2D eigenvalue weighted by Gasteiger charge is -2.18. The second kappa shape index (κ2) is 12.8. The summed E-state index contributed by atoms with van der Waals surface area (Å²) in [5.74, 6) is 1.69. The Morgan fingerprint density at radius 3 is 2.74 bits per heavy atom. The van der Waals surface area contributed by atoms with Crippen LogP contribution in [-0.2, 0) is 9.53 Å². The number of guanidine groups is 1. The van der Waals surface area contributed by atoms with Crippen molar-refractivity contribution in [3.05, 3.63) is 0 Å². The number of nitrogens with one attached hydrogen (secondary N) is 2. The number of ether oxygens (including phenoxy) is 1. The summed E-state index contributed by atoms with van der Waals surface area (Å²) in [5, 5.41) is 6.63. The molecule has 1 rings (SSSR count). The van der Waals surface area contributed by atoms with Gasteiger partial charge in [0.2, 0.25) is 5.91 Å². The summed E-state index contributed by atoms with van der Waals surface area (Å²) >= 11 is 0. The van der Waals surface area contributed by atoms with Crippen molar-refractivity contribution in [3.8, 4) is 0 Å². The molecule has 1 atom stereocenters. The molecule has 0 aromatic rings. The monoisotopic (exact) mass is 440 g/mol. The number of aliphatic imine (C=N–C) groups is 1. The van der Waals surface area contributed by atoms with Crippen molar-refractivity contribution in [2.75, 3.05) is 39.9 Å². The van der Waals surface area contributed by atoms with E-state index in [9.17, 15) is 4.79 Å². The first-order chi connectivity index (χ1) is 10.6. The van der Waals surface area contributed by atoms with Gasteiger partial charge in [-0.1, -0.05) is 20.8 Å². The molecule has 0 spiro atoms. The molecule has 7 heteroatoms. The van der Waals surface area contributed by atoms with Gasteiger partial charge in [-0.25, -0.2) is 0 Å². The Labute approximate surface area is 157 Å². The maximum atomic E-state index is 11.7. The van der Waals surface area contributed by atoms with Crippen molar-refractivity contribution in [1.29, 1.82) is 0 Å². The molecule has 0 saturated carbocycles. The van der Waals surface area contributed by atoms with Crippen molar-refractivity contribution in [3.63, 3.8) is 0 Å². The van der Waals surface area contributed by atoms with E-state index >= 15 is 0 Å². The molecule has 0 aliphatic carbocycles. The van der Waals surface area contributed by atoms with Crippen LogP contribution in [0, 0.1) is 5.92 Å². The molecule has 23 heavy (non-hydrogen) atoms. The number of halogens is 1. The number of likely N-dealkylation sites (tertiary alicyclic amines) is 1. The van der Waals surface area contributed by atoms with Gasteiger partial charge < -0.3 is 20.3 Å². The molecule has 1 aliphatic rings. The van der Waals surface area contributed by atoms with Crippen LogP contribution in [0.5, 0.6) is 0 Å². The number of carbonyl (C=O) groups excluding carboxylic acids is 1. The summed E-state index contributed by atoms with van der Waals surface area (Å²) in [6, 6.07) is 0.281. The number of rotatable bonds is 8. The van der Waals surface area contributed by atoms with Gasteiger partial charge in [-0.3, -0.25) is 9.79 Å². The molecule has 2 N–H and O–H groups in total.